The van der Waals surface area contributed by atoms with Crippen LogP contribution in [0.5, 0.6) is 0 Å². The summed E-state index contributed by atoms with van der Waals surface area (Å²) < 4.78 is 23.6. The summed E-state index contributed by atoms with van der Waals surface area (Å²) in [6.07, 6.45) is 1.52. The van der Waals surface area contributed by atoms with Gasteiger partial charge in [-0.25, -0.2) is 8.42 Å². The Morgan fingerprint density at radius 1 is 1.28 bits per heavy atom. The van der Waals surface area contributed by atoms with Crippen LogP contribution in [0.4, 0.5) is 5.69 Å². The zero-order valence-electron chi connectivity index (χ0n) is 11.0. The van der Waals surface area contributed by atoms with Gasteiger partial charge in [0.15, 0.2) is 9.84 Å². The SMILES string of the molecule is CCCS(=O)(=O)c1ccc(NCCC(C)N)cc1. The largest absolute Gasteiger partial charge is 0.385 e. The summed E-state index contributed by atoms with van der Waals surface area (Å²) in [4.78, 5) is 0.391. The van der Waals surface area contributed by atoms with Crippen LogP contribution < -0.4 is 11.1 Å². The quantitative estimate of drug-likeness (QED) is 0.795. The van der Waals surface area contributed by atoms with Gasteiger partial charge in [-0.05, 0) is 44.0 Å². The highest BCUT2D eigenvalue weighted by molar-refractivity contribution is 7.91. The number of hydrogen-bond acceptors (Lipinski definition) is 4. The highest BCUT2D eigenvalue weighted by Crippen LogP contribution is 2.16. The van der Waals surface area contributed by atoms with Crippen molar-refractivity contribution in [3.8, 4) is 0 Å². The molecule has 1 unspecified atom stereocenters. The van der Waals surface area contributed by atoms with Gasteiger partial charge in [0.05, 0.1) is 10.6 Å². The monoisotopic (exact) mass is 270 g/mol. The van der Waals surface area contributed by atoms with E-state index >= 15 is 0 Å². The highest BCUT2D eigenvalue weighted by Gasteiger charge is 2.12. The standard InChI is InChI=1S/C13H22N2O2S/c1-3-10-18(16,17)13-6-4-12(5-7-13)15-9-8-11(2)14/h4-7,11,15H,3,8-10,14H2,1-2H3. The molecular formula is C13H22N2O2S. The summed E-state index contributed by atoms with van der Waals surface area (Å²) in [6.45, 7) is 4.61. The molecule has 0 aliphatic heterocycles. The smallest absolute Gasteiger partial charge is 0.178 e. The number of nitrogens with one attached hydrogen (secondary N) is 1. The van der Waals surface area contributed by atoms with Gasteiger partial charge in [0.25, 0.3) is 0 Å². The first-order chi connectivity index (χ1) is 8.45. The third-order valence-corrected chi connectivity index (χ3v) is 4.55. The second kappa shape index (κ2) is 6.75. The predicted octanol–water partition coefficient (Wildman–Crippen LogP) is 2.02. The molecular weight excluding hydrogens is 248 g/mol. The van der Waals surface area contributed by atoms with Gasteiger partial charge in [-0.2, -0.15) is 0 Å². The molecule has 1 aromatic carbocycles. The second-order valence-corrected chi connectivity index (χ2v) is 6.65. The molecule has 3 N–H and O–H groups in total. The maximum absolute atomic E-state index is 11.8. The Bertz CT molecular complexity index is 452. The first-order valence-corrected chi connectivity index (χ1v) is 7.93. The lowest BCUT2D eigenvalue weighted by atomic mass is 10.2. The van der Waals surface area contributed by atoms with Crippen molar-refractivity contribution in [2.75, 3.05) is 17.6 Å². The minimum atomic E-state index is -3.11. The maximum atomic E-state index is 11.8. The van der Waals surface area contributed by atoms with E-state index in [1.165, 1.54) is 0 Å². The lowest BCUT2D eigenvalue weighted by molar-refractivity contribution is 0.595. The summed E-state index contributed by atoms with van der Waals surface area (Å²) in [5, 5.41) is 3.21. The minimum Gasteiger partial charge on any atom is -0.385 e. The number of benzene rings is 1. The molecule has 0 radical (unpaired) electrons. The Morgan fingerprint density at radius 2 is 1.89 bits per heavy atom. The number of nitrogens with two attached hydrogens (primary N) is 1. The lowest BCUT2D eigenvalue weighted by Gasteiger charge is -2.09. The van der Waals surface area contributed by atoms with Gasteiger partial charge < -0.3 is 11.1 Å². The van der Waals surface area contributed by atoms with Gasteiger partial charge >= 0.3 is 0 Å². The number of anilines is 1. The van der Waals surface area contributed by atoms with E-state index in [0.29, 0.717) is 11.3 Å². The van der Waals surface area contributed by atoms with Gasteiger partial charge in [0.1, 0.15) is 0 Å². The number of rotatable bonds is 7. The van der Waals surface area contributed by atoms with Crippen LogP contribution in [0.2, 0.25) is 0 Å². The van der Waals surface area contributed by atoms with Crippen molar-refractivity contribution in [3.63, 3.8) is 0 Å². The van der Waals surface area contributed by atoms with Crippen molar-refractivity contribution in [2.45, 2.75) is 37.6 Å². The average molecular weight is 270 g/mol. The summed E-state index contributed by atoms with van der Waals surface area (Å²) >= 11 is 0. The molecule has 0 heterocycles. The molecule has 0 saturated heterocycles. The first-order valence-electron chi connectivity index (χ1n) is 6.28. The Hall–Kier alpha value is -1.07. The van der Waals surface area contributed by atoms with Crippen molar-refractivity contribution in [1.82, 2.24) is 0 Å². The Labute approximate surface area is 110 Å². The van der Waals surface area contributed by atoms with Crippen molar-refractivity contribution in [3.05, 3.63) is 24.3 Å². The summed E-state index contributed by atoms with van der Waals surface area (Å²) in [5.41, 5.74) is 6.57. The fourth-order valence-corrected chi connectivity index (χ4v) is 2.93. The van der Waals surface area contributed by atoms with Crippen molar-refractivity contribution in [1.29, 1.82) is 0 Å². The van der Waals surface area contributed by atoms with Gasteiger partial charge in [0, 0.05) is 18.3 Å². The van der Waals surface area contributed by atoms with E-state index in [0.717, 1.165) is 18.7 Å². The van der Waals surface area contributed by atoms with Gasteiger partial charge in [-0.15, -0.1) is 0 Å². The molecule has 1 rings (SSSR count). The van der Waals surface area contributed by atoms with E-state index in [1.54, 1.807) is 24.3 Å². The van der Waals surface area contributed by atoms with Gasteiger partial charge in [-0.3, -0.25) is 0 Å². The Morgan fingerprint density at radius 3 is 2.39 bits per heavy atom. The second-order valence-electron chi connectivity index (χ2n) is 4.54. The van der Waals surface area contributed by atoms with Crippen LogP contribution in [0.25, 0.3) is 0 Å². The molecule has 0 bridgehead atoms. The predicted molar refractivity (Wildman–Crippen MR) is 75.5 cm³/mol. The zero-order valence-corrected chi connectivity index (χ0v) is 11.8. The fourth-order valence-electron chi connectivity index (χ4n) is 1.61. The molecule has 0 fully saturated rings. The Balaban J connectivity index is 2.63. The van der Waals surface area contributed by atoms with E-state index in [2.05, 4.69) is 5.32 Å². The molecule has 102 valence electrons. The fraction of sp³-hybridized carbons (Fsp3) is 0.538. The molecule has 5 heteroatoms. The first kappa shape index (κ1) is 15.0. The zero-order chi connectivity index (χ0) is 13.6. The molecule has 0 spiro atoms. The molecule has 18 heavy (non-hydrogen) atoms. The summed E-state index contributed by atoms with van der Waals surface area (Å²) in [6, 6.07) is 7.06. The van der Waals surface area contributed by atoms with Gasteiger partial charge in [-0.1, -0.05) is 6.92 Å². The Kier molecular flexibility index (Phi) is 5.62. The highest BCUT2D eigenvalue weighted by atomic mass is 32.2. The van der Waals surface area contributed by atoms with Crippen molar-refractivity contribution < 1.29 is 8.42 Å². The van der Waals surface area contributed by atoms with Crippen LogP contribution in [0, 0.1) is 0 Å². The molecule has 1 atom stereocenters. The van der Waals surface area contributed by atoms with Crippen molar-refractivity contribution >= 4 is 15.5 Å². The van der Waals surface area contributed by atoms with Gasteiger partial charge in [0.2, 0.25) is 0 Å². The van der Waals surface area contributed by atoms with E-state index in [1.807, 2.05) is 13.8 Å². The van der Waals surface area contributed by atoms with Crippen LogP contribution in [0.1, 0.15) is 26.7 Å². The average Bonchev–Trinajstić information content (AvgIpc) is 2.29. The van der Waals surface area contributed by atoms with Crippen LogP contribution in [0.3, 0.4) is 0 Å². The third-order valence-electron chi connectivity index (χ3n) is 2.62. The van der Waals surface area contributed by atoms with E-state index < -0.39 is 9.84 Å². The van der Waals surface area contributed by atoms with Crippen LogP contribution in [-0.4, -0.2) is 26.8 Å². The molecule has 0 saturated carbocycles. The van der Waals surface area contributed by atoms with Crippen LogP contribution >= 0.6 is 0 Å². The number of sulfone groups is 1. The van der Waals surface area contributed by atoms with E-state index in [4.69, 9.17) is 5.73 Å². The summed E-state index contributed by atoms with van der Waals surface area (Å²) in [7, 11) is -3.11. The van der Waals surface area contributed by atoms with Crippen molar-refractivity contribution in [2.24, 2.45) is 5.73 Å². The minimum absolute atomic E-state index is 0.168. The van der Waals surface area contributed by atoms with E-state index in [-0.39, 0.29) is 11.8 Å². The third kappa shape index (κ3) is 4.66. The number of hydrogen-bond donors (Lipinski definition) is 2. The van der Waals surface area contributed by atoms with Crippen LogP contribution in [0.15, 0.2) is 29.2 Å². The topological polar surface area (TPSA) is 72.2 Å². The molecule has 0 aromatic heterocycles. The molecule has 1 aromatic rings. The molecule has 0 aliphatic rings. The molecule has 0 aliphatic carbocycles. The summed E-state index contributed by atoms with van der Waals surface area (Å²) in [5.74, 6) is 0.199. The maximum Gasteiger partial charge on any atom is 0.178 e. The van der Waals surface area contributed by atoms with Crippen LogP contribution in [-0.2, 0) is 9.84 Å². The van der Waals surface area contributed by atoms with E-state index in [9.17, 15) is 8.42 Å². The molecule has 4 nitrogen and oxygen atoms in total. The molecule has 0 amide bonds. The normalized spacial score (nSPS) is 13.3. The lowest BCUT2D eigenvalue weighted by Crippen LogP contribution is -2.19.